The Bertz CT molecular complexity index is 342. The Labute approximate surface area is 121 Å². The molecule has 116 valence electrons. The van der Waals surface area contributed by atoms with Crippen LogP contribution in [0.2, 0.25) is 0 Å². The summed E-state index contributed by atoms with van der Waals surface area (Å²) in [5.74, 6) is -0.903. The Hall–Kier alpha value is -1.26. The van der Waals surface area contributed by atoms with Crippen LogP contribution in [0, 0.1) is 5.41 Å². The van der Waals surface area contributed by atoms with Gasteiger partial charge < -0.3 is 15.3 Å². The number of likely N-dealkylation sites (tertiary alicyclic amines) is 1. The van der Waals surface area contributed by atoms with E-state index in [9.17, 15) is 9.59 Å². The molecule has 0 aromatic carbocycles. The van der Waals surface area contributed by atoms with Crippen molar-refractivity contribution >= 4 is 12.0 Å². The van der Waals surface area contributed by atoms with E-state index < -0.39 is 12.0 Å². The van der Waals surface area contributed by atoms with Crippen LogP contribution in [0.3, 0.4) is 0 Å². The molecule has 0 aliphatic carbocycles. The van der Waals surface area contributed by atoms with Crippen LogP contribution in [-0.4, -0.2) is 41.1 Å². The highest BCUT2D eigenvalue weighted by Gasteiger charge is 2.34. The van der Waals surface area contributed by atoms with Crippen molar-refractivity contribution in [3.8, 4) is 0 Å². The fourth-order valence-corrected chi connectivity index (χ4v) is 2.62. The lowest BCUT2D eigenvalue weighted by Crippen LogP contribution is -2.48. The van der Waals surface area contributed by atoms with Gasteiger partial charge in [-0.15, -0.1) is 0 Å². The normalized spacial score (nSPS) is 19.1. The number of hydrogen-bond acceptors (Lipinski definition) is 2. The van der Waals surface area contributed by atoms with Gasteiger partial charge in [-0.25, -0.2) is 9.59 Å². The van der Waals surface area contributed by atoms with E-state index >= 15 is 0 Å². The highest BCUT2D eigenvalue weighted by Crippen LogP contribution is 2.23. The largest absolute Gasteiger partial charge is 0.480 e. The number of amides is 2. The third-order valence-corrected chi connectivity index (χ3v) is 3.97. The molecule has 2 amide bonds. The summed E-state index contributed by atoms with van der Waals surface area (Å²) >= 11 is 0. The van der Waals surface area contributed by atoms with Gasteiger partial charge in [-0.1, -0.05) is 40.0 Å². The van der Waals surface area contributed by atoms with Crippen molar-refractivity contribution in [1.82, 2.24) is 10.2 Å². The van der Waals surface area contributed by atoms with Gasteiger partial charge in [0.1, 0.15) is 6.04 Å². The second kappa shape index (κ2) is 7.50. The van der Waals surface area contributed by atoms with Crippen LogP contribution >= 0.6 is 0 Å². The molecule has 0 bridgehead atoms. The summed E-state index contributed by atoms with van der Waals surface area (Å²) in [7, 11) is 0. The molecule has 1 fully saturated rings. The molecule has 0 spiro atoms. The molecule has 0 radical (unpaired) electrons. The van der Waals surface area contributed by atoms with Crippen molar-refractivity contribution < 1.29 is 14.7 Å². The van der Waals surface area contributed by atoms with Gasteiger partial charge in [0.05, 0.1) is 0 Å². The number of urea groups is 1. The maximum absolute atomic E-state index is 12.1. The fraction of sp³-hybridized carbons (Fsp3) is 0.867. The van der Waals surface area contributed by atoms with E-state index in [4.69, 9.17) is 5.11 Å². The lowest BCUT2D eigenvalue weighted by molar-refractivity contribution is -0.141. The Morgan fingerprint density at radius 1 is 1.35 bits per heavy atom. The minimum Gasteiger partial charge on any atom is -0.480 e. The predicted octanol–water partition coefficient (Wildman–Crippen LogP) is 2.85. The minimum absolute atomic E-state index is 0.0588. The molecular weight excluding hydrogens is 256 g/mol. The number of unbranched alkanes of at least 4 members (excludes halogenated alkanes) is 2. The Morgan fingerprint density at radius 2 is 2.05 bits per heavy atom. The zero-order chi connectivity index (χ0) is 15.2. The van der Waals surface area contributed by atoms with Crippen LogP contribution < -0.4 is 5.32 Å². The van der Waals surface area contributed by atoms with Crippen molar-refractivity contribution in [3.05, 3.63) is 0 Å². The number of carboxylic acid groups (broad SMARTS) is 1. The highest BCUT2D eigenvalue weighted by atomic mass is 16.4. The molecule has 0 aromatic heterocycles. The molecular formula is C15H28N2O3. The van der Waals surface area contributed by atoms with E-state index in [-0.39, 0.29) is 11.4 Å². The number of nitrogens with zero attached hydrogens (tertiary/aromatic N) is 1. The van der Waals surface area contributed by atoms with Crippen LogP contribution in [0.15, 0.2) is 0 Å². The van der Waals surface area contributed by atoms with E-state index in [1.165, 1.54) is 24.2 Å². The number of hydrogen-bond donors (Lipinski definition) is 2. The zero-order valence-electron chi connectivity index (χ0n) is 12.9. The van der Waals surface area contributed by atoms with Crippen LogP contribution in [0.5, 0.6) is 0 Å². The summed E-state index contributed by atoms with van der Waals surface area (Å²) in [6.07, 6.45) is 5.97. The lowest BCUT2D eigenvalue weighted by atomic mass is 9.87. The molecule has 1 rings (SSSR count). The third kappa shape index (κ3) is 5.02. The Morgan fingerprint density at radius 3 is 2.65 bits per heavy atom. The minimum atomic E-state index is -0.903. The number of rotatable bonds is 7. The van der Waals surface area contributed by atoms with Gasteiger partial charge in [-0.3, -0.25) is 0 Å². The SMILES string of the molecule is CCCCCC(C)(C)CNC(=O)N1CCC[C@@H]1C(=O)O. The van der Waals surface area contributed by atoms with Gasteiger partial charge in [0, 0.05) is 13.1 Å². The first kappa shape index (κ1) is 16.8. The van der Waals surface area contributed by atoms with Crippen LogP contribution in [0.1, 0.15) is 59.3 Å². The number of nitrogens with one attached hydrogen (secondary N) is 1. The predicted molar refractivity (Wildman–Crippen MR) is 78.7 cm³/mol. The van der Waals surface area contributed by atoms with Crippen molar-refractivity contribution in [1.29, 1.82) is 0 Å². The van der Waals surface area contributed by atoms with Crippen molar-refractivity contribution in [3.63, 3.8) is 0 Å². The summed E-state index contributed by atoms with van der Waals surface area (Å²) in [5.41, 5.74) is 0.0588. The molecule has 1 atom stereocenters. The first-order valence-electron chi connectivity index (χ1n) is 7.64. The molecule has 5 nitrogen and oxygen atoms in total. The molecule has 1 saturated heterocycles. The average molecular weight is 284 g/mol. The highest BCUT2D eigenvalue weighted by molar-refractivity contribution is 5.83. The topological polar surface area (TPSA) is 69.6 Å². The van der Waals surface area contributed by atoms with Crippen LogP contribution in [-0.2, 0) is 4.79 Å². The first-order valence-corrected chi connectivity index (χ1v) is 7.64. The Balaban J connectivity index is 2.40. The second-order valence-electron chi connectivity index (χ2n) is 6.47. The summed E-state index contributed by atoms with van der Waals surface area (Å²) in [4.78, 5) is 24.6. The van der Waals surface area contributed by atoms with E-state index in [0.29, 0.717) is 19.5 Å². The standard InChI is InChI=1S/C15H28N2O3/c1-4-5-6-9-15(2,3)11-16-14(20)17-10-7-8-12(17)13(18)19/h12H,4-11H2,1-3H3,(H,16,20)(H,18,19)/t12-/m1/s1. The molecule has 2 N–H and O–H groups in total. The maximum Gasteiger partial charge on any atom is 0.326 e. The summed E-state index contributed by atoms with van der Waals surface area (Å²) in [5, 5.41) is 12.0. The van der Waals surface area contributed by atoms with Gasteiger partial charge in [0.25, 0.3) is 0 Å². The molecule has 0 saturated carbocycles. The number of carboxylic acids is 1. The van der Waals surface area contributed by atoms with E-state index in [0.717, 1.165) is 12.8 Å². The molecule has 0 aromatic rings. The van der Waals surface area contributed by atoms with Gasteiger partial charge in [0.2, 0.25) is 0 Å². The van der Waals surface area contributed by atoms with E-state index in [1.54, 1.807) is 0 Å². The summed E-state index contributed by atoms with van der Waals surface area (Å²) in [6.45, 7) is 7.59. The van der Waals surface area contributed by atoms with Crippen molar-refractivity contribution in [2.24, 2.45) is 5.41 Å². The van der Waals surface area contributed by atoms with Gasteiger partial charge in [-0.05, 0) is 24.7 Å². The number of carbonyl (C=O) groups excluding carboxylic acids is 1. The van der Waals surface area contributed by atoms with Crippen LogP contribution in [0.4, 0.5) is 4.79 Å². The molecule has 20 heavy (non-hydrogen) atoms. The zero-order valence-corrected chi connectivity index (χ0v) is 12.9. The number of aliphatic carboxylic acids is 1. The summed E-state index contributed by atoms with van der Waals surface area (Å²) in [6, 6.07) is -0.892. The van der Waals surface area contributed by atoms with Gasteiger partial charge >= 0.3 is 12.0 Å². The molecule has 1 heterocycles. The Kier molecular flexibility index (Phi) is 6.30. The monoisotopic (exact) mass is 284 g/mol. The number of carbonyl (C=O) groups is 2. The molecule has 0 unspecified atom stereocenters. The van der Waals surface area contributed by atoms with Crippen molar-refractivity contribution in [2.45, 2.75) is 65.3 Å². The fourth-order valence-electron chi connectivity index (χ4n) is 2.62. The van der Waals surface area contributed by atoms with Gasteiger partial charge in [0.15, 0.2) is 0 Å². The van der Waals surface area contributed by atoms with Crippen molar-refractivity contribution in [2.75, 3.05) is 13.1 Å². The van der Waals surface area contributed by atoms with Gasteiger partial charge in [-0.2, -0.15) is 0 Å². The molecule has 1 aliphatic rings. The maximum atomic E-state index is 12.1. The van der Waals surface area contributed by atoms with E-state index in [2.05, 4.69) is 26.1 Å². The summed E-state index contributed by atoms with van der Waals surface area (Å²) < 4.78 is 0. The van der Waals surface area contributed by atoms with E-state index in [1.807, 2.05) is 0 Å². The first-order chi connectivity index (χ1) is 9.37. The smallest absolute Gasteiger partial charge is 0.326 e. The average Bonchev–Trinajstić information content (AvgIpc) is 2.85. The third-order valence-electron chi connectivity index (χ3n) is 3.97. The molecule has 5 heteroatoms. The van der Waals surface area contributed by atoms with Crippen LogP contribution in [0.25, 0.3) is 0 Å². The second-order valence-corrected chi connectivity index (χ2v) is 6.47. The lowest BCUT2D eigenvalue weighted by Gasteiger charge is -2.28. The quantitative estimate of drug-likeness (QED) is 0.706. The molecule has 1 aliphatic heterocycles.